The van der Waals surface area contributed by atoms with Crippen molar-refractivity contribution in [2.75, 3.05) is 5.32 Å². The van der Waals surface area contributed by atoms with Crippen LogP contribution in [0.2, 0.25) is 5.02 Å². The van der Waals surface area contributed by atoms with Crippen molar-refractivity contribution in [3.63, 3.8) is 0 Å². The van der Waals surface area contributed by atoms with Crippen LogP contribution in [-0.2, 0) is 12.0 Å². The highest BCUT2D eigenvalue weighted by Gasteiger charge is 2.12. The highest BCUT2D eigenvalue weighted by atomic mass is 35.5. The minimum absolute atomic E-state index is 0.144. The molecule has 0 aliphatic carbocycles. The molecule has 0 aliphatic rings. The lowest BCUT2D eigenvalue weighted by molar-refractivity contribution is 0.590. The van der Waals surface area contributed by atoms with Crippen molar-refractivity contribution in [3.05, 3.63) is 64.4 Å². The van der Waals surface area contributed by atoms with E-state index in [2.05, 4.69) is 50.4 Å². The van der Waals surface area contributed by atoms with E-state index >= 15 is 0 Å². The number of nitrogens with one attached hydrogen (secondary N) is 1. The fraction of sp³-hybridized carbons (Fsp3) is 0.294. The summed E-state index contributed by atoms with van der Waals surface area (Å²) in [6, 6.07) is 13.2. The van der Waals surface area contributed by atoms with Crippen LogP contribution in [0.25, 0.3) is 0 Å². The summed E-state index contributed by atoms with van der Waals surface area (Å²) in [5.41, 5.74) is 3.35. The zero-order chi connectivity index (χ0) is 14.8. The average Bonchev–Trinajstić information content (AvgIpc) is 2.40. The van der Waals surface area contributed by atoms with Crippen LogP contribution in [0.1, 0.15) is 31.9 Å². The Morgan fingerprint density at radius 2 is 1.70 bits per heavy atom. The number of halogens is 2. The monoisotopic (exact) mass is 291 g/mol. The normalized spacial score (nSPS) is 11.4. The Labute approximate surface area is 124 Å². The van der Waals surface area contributed by atoms with Crippen LogP contribution >= 0.6 is 11.6 Å². The van der Waals surface area contributed by atoms with Gasteiger partial charge in [0.15, 0.2) is 0 Å². The van der Waals surface area contributed by atoms with Gasteiger partial charge in [-0.3, -0.25) is 0 Å². The van der Waals surface area contributed by atoms with E-state index in [1.165, 1.54) is 11.6 Å². The molecule has 0 atom stereocenters. The van der Waals surface area contributed by atoms with Crippen LogP contribution in [0.4, 0.5) is 10.1 Å². The van der Waals surface area contributed by atoms with Gasteiger partial charge >= 0.3 is 0 Å². The molecule has 106 valence electrons. The molecule has 0 spiro atoms. The first-order valence-corrected chi connectivity index (χ1v) is 7.02. The second-order valence-electron chi connectivity index (χ2n) is 5.93. The Morgan fingerprint density at radius 1 is 1.05 bits per heavy atom. The fourth-order valence-corrected chi connectivity index (χ4v) is 2.05. The Morgan fingerprint density at radius 3 is 2.25 bits per heavy atom. The summed E-state index contributed by atoms with van der Waals surface area (Å²) in [7, 11) is 0. The molecule has 0 saturated carbocycles. The van der Waals surface area contributed by atoms with Crippen molar-refractivity contribution in [2.24, 2.45) is 0 Å². The second kappa shape index (κ2) is 5.84. The molecule has 2 rings (SSSR count). The molecule has 0 heterocycles. The van der Waals surface area contributed by atoms with Crippen molar-refractivity contribution in [2.45, 2.75) is 32.7 Å². The number of anilines is 1. The van der Waals surface area contributed by atoms with Gasteiger partial charge in [-0.2, -0.15) is 0 Å². The molecule has 1 N–H and O–H groups in total. The number of rotatable bonds is 3. The summed E-state index contributed by atoms with van der Waals surface area (Å²) in [6.07, 6.45) is 0. The van der Waals surface area contributed by atoms with Crippen LogP contribution < -0.4 is 5.32 Å². The summed E-state index contributed by atoms with van der Waals surface area (Å²) in [4.78, 5) is 0. The predicted octanol–water partition coefficient (Wildman–Crippen LogP) is 5.39. The van der Waals surface area contributed by atoms with Crippen LogP contribution in [0, 0.1) is 5.82 Å². The van der Waals surface area contributed by atoms with Crippen LogP contribution in [0.15, 0.2) is 42.5 Å². The van der Waals surface area contributed by atoms with E-state index in [0.29, 0.717) is 6.54 Å². The van der Waals surface area contributed by atoms with Crippen molar-refractivity contribution in [1.29, 1.82) is 0 Å². The van der Waals surface area contributed by atoms with E-state index < -0.39 is 5.82 Å². The van der Waals surface area contributed by atoms with Gasteiger partial charge in [0.25, 0.3) is 0 Å². The van der Waals surface area contributed by atoms with E-state index in [-0.39, 0.29) is 10.4 Å². The summed E-state index contributed by atoms with van der Waals surface area (Å²) in [5, 5.41) is 3.33. The van der Waals surface area contributed by atoms with Gasteiger partial charge in [-0.15, -0.1) is 0 Å². The SMILES string of the molecule is CC(C)(C)c1ccc(CNc2ccc(Cl)c(F)c2)cc1. The summed E-state index contributed by atoms with van der Waals surface area (Å²) in [6.45, 7) is 7.23. The first kappa shape index (κ1) is 14.9. The standard InChI is InChI=1S/C17H19ClFN/c1-17(2,3)13-6-4-12(5-7-13)11-20-14-8-9-15(18)16(19)10-14/h4-10,20H,11H2,1-3H3. The number of benzene rings is 2. The zero-order valence-electron chi connectivity index (χ0n) is 12.0. The number of hydrogen-bond acceptors (Lipinski definition) is 1. The lowest BCUT2D eigenvalue weighted by Crippen LogP contribution is -2.11. The Kier molecular flexibility index (Phi) is 4.34. The van der Waals surface area contributed by atoms with E-state index in [0.717, 1.165) is 11.3 Å². The van der Waals surface area contributed by atoms with E-state index in [1.807, 2.05) is 0 Å². The van der Waals surface area contributed by atoms with E-state index in [4.69, 9.17) is 11.6 Å². The summed E-state index contributed by atoms with van der Waals surface area (Å²) in [5.74, 6) is -0.403. The molecule has 1 nitrogen and oxygen atoms in total. The molecule has 0 fully saturated rings. The molecule has 2 aromatic rings. The third kappa shape index (κ3) is 3.73. The Bertz CT molecular complexity index is 585. The molecule has 0 bridgehead atoms. The number of hydrogen-bond donors (Lipinski definition) is 1. The lowest BCUT2D eigenvalue weighted by Gasteiger charge is -2.19. The molecule has 0 amide bonds. The van der Waals surface area contributed by atoms with Gasteiger partial charge < -0.3 is 5.32 Å². The molecule has 2 aromatic carbocycles. The molecule has 20 heavy (non-hydrogen) atoms. The van der Waals surface area contributed by atoms with Crippen LogP contribution in [-0.4, -0.2) is 0 Å². The molecule has 0 unspecified atom stereocenters. The fourth-order valence-electron chi connectivity index (χ4n) is 1.93. The minimum atomic E-state index is -0.403. The topological polar surface area (TPSA) is 12.0 Å². The molecular weight excluding hydrogens is 273 g/mol. The van der Waals surface area contributed by atoms with Gasteiger partial charge in [-0.1, -0.05) is 56.6 Å². The van der Waals surface area contributed by atoms with E-state index in [1.54, 1.807) is 12.1 Å². The van der Waals surface area contributed by atoms with Gasteiger partial charge in [0, 0.05) is 12.2 Å². The lowest BCUT2D eigenvalue weighted by atomic mass is 9.87. The molecule has 0 saturated heterocycles. The third-order valence-electron chi connectivity index (χ3n) is 3.24. The van der Waals surface area contributed by atoms with Gasteiger partial charge in [-0.25, -0.2) is 4.39 Å². The zero-order valence-corrected chi connectivity index (χ0v) is 12.8. The van der Waals surface area contributed by atoms with Gasteiger partial charge in [0.1, 0.15) is 5.82 Å². The molecular formula is C17H19ClFN. The van der Waals surface area contributed by atoms with Crippen molar-refractivity contribution in [1.82, 2.24) is 0 Å². The maximum Gasteiger partial charge on any atom is 0.143 e. The molecule has 0 radical (unpaired) electrons. The predicted molar refractivity (Wildman–Crippen MR) is 83.9 cm³/mol. The quantitative estimate of drug-likeness (QED) is 0.799. The molecule has 0 aliphatic heterocycles. The van der Waals surface area contributed by atoms with Gasteiger partial charge in [-0.05, 0) is 34.7 Å². The van der Waals surface area contributed by atoms with Crippen molar-refractivity contribution < 1.29 is 4.39 Å². The highest BCUT2D eigenvalue weighted by Crippen LogP contribution is 2.23. The second-order valence-corrected chi connectivity index (χ2v) is 6.34. The maximum absolute atomic E-state index is 13.3. The smallest absolute Gasteiger partial charge is 0.143 e. The highest BCUT2D eigenvalue weighted by molar-refractivity contribution is 6.30. The minimum Gasteiger partial charge on any atom is -0.381 e. The van der Waals surface area contributed by atoms with Gasteiger partial charge in [0.05, 0.1) is 5.02 Å². The van der Waals surface area contributed by atoms with Crippen LogP contribution in [0.3, 0.4) is 0 Å². The summed E-state index contributed by atoms with van der Waals surface area (Å²) >= 11 is 5.66. The van der Waals surface area contributed by atoms with Crippen molar-refractivity contribution in [3.8, 4) is 0 Å². The average molecular weight is 292 g/mol. The van der Waals surface area contributed by atoms with Gasteiger partial charge in [0.2, 0.25) is 0 Å². The largest absolute Gasteiger partial charge is 0.381 e. The van der Waals surface area contributed by atoms with E-state index in [9.17, 15) is 4.39 Å². The Balaban J connectivity index is 2.02. The van der Waals surface area contributed by atoms with Crippen LogP contribution in [0.5, 0.6) is 0 Å². The summed E-state index contributed by atoms with van der Waals surface area (Å²) < 4.78 is 13.3. The first-order valence-electron chi connectivity index (χ1n) is 6.64. The van der Waals surface area contributed by atoms with Crippen molar-refractivity contribution >= 4 is 17.3 Å². The molecule has 0 aromatic heterocycles. The molecule has 3 heteroatoms. The maximum atomic E-state index is 13.3. The third-order valence-corrected chi connectivity index (χ3v) is 3.54. The first-order chi connectivity index (χ1) is 9.36. The Hall–Kier alpha value is -1.54.